The van der Waals surface area contributed by atoms with Crippen molar-refractivity contribution in [2.45, 2.75) is 75.9 Å². The molecule has 1 heterocycles. The van der Waals surface area contributed by atoms with Gasteiger partial charge in [-0.25, -0.2) is 4.79 Å². The number of nitrogens with one attached hydrogen (secondary N) is 1. The molecule has 2 rings (SSSR count). The minimum Gasteiger partial charge on any atom is -0.444 e. The minimum absolute atomic E-state index is 0.0462. The first-order valence-electron chi connectivity index (χ1n) is 7.67. The summed E-state index contributed by atoms with van der Waals surface area (Å²) in [6.45, 7) is 6.22. The van der Waals surface area contributed by atoms with Crippen molar-refractivity contribution in [3.63, 3.8) is 0 Å². The molecule has 1 unspecified atom stereocenters. The Morgan fingerprint density at radius 1 is 1.29 bits per heavy atom. The van der Waals surface area contributed by atoms with Crippen molar-refractivity contribution in [2.75, 3.05) is 6.54 Å². The fourth-order valence-electron chi connectivity index (χ4n) is 3.05. The van der Waals surface area contributed by atoms with E-state index in [0.717, 1.165) is 25.7 Å². The molecule has 1 aliphatic heterocycles. The molecular weight excluding hydrogens is 292 g/mol. The molecule has 1 saturated carbocycles. The van der Waals surface area contributed by atoms with Gasteiger partial charge < -0.3 is 15.0 Å². The lowest BCUT2D eigenvalue weighted by Crippen LogP contribution is -2.45. The fourth-order valence-corrected chi connectivity index (χ4v) is 3.33. The molecule has 0 radical (unpaired) electrons. The van der Waals surface area contributed by atoms with Crippen molar-refractivity contribution in [1.82, 2.24) is 10.2 Å². The predicted molar refractivity (Wildman–Crippen MR) is 81.4 cm³/mol. The Balaban J connectivity index is 1.76. The van der Waals surface area contributed by atoms with Gasteiger partial charge in [0, 0.05) is 25.0 Å². The SMILES string of the molecule is CC(C)(C)OC(=O)NC1CCC(N2CC(Cl)CC2=O)CC1. The zero-order valence-electron chi connectivity index (χ0n) is 13.0. The Kier molecular flexibility index (Phi) is 5.02. The van der Waals surface area contributed by atoms with Crippen LogP contribution >= 0.6 is 11.6 Å². The van der Waals surface area contributed by atoms with Crippen molar-refractivity contribution in [3.05, 3.63) is 0 Å². The summed E-state index contributed by atoms with van der Waals surface area (Å²) >= 11 is 6.04. The highest BCUT2D eigenvalue weighted by Gasteiger charge is 2.35. The number of halogens is 1. The molecule has 2 fully saturated rings. The monoisotopic (exact) mass is 316 g/mol. The number of likely N-dealkylation sites (tertiary alicyclic amines) is 1. The third-order valence-corrected chi connectivity index (χ3v) is 4.26. The van der Waals surface area contributed by atoms with E-state index in [0.29, 0.717) is 13.0 Å². The molecule has 0 aromatic heterocycles. The second-order valence-electron chi connectivity index (χ2n) is 7.00. The Bertz CT molecular complexity index is 400. The second-order valence-corrected chi connectivity index (χ2v) is 7.62. The van der Waals surface area contributed by atoms with Crippen LogP contribution < -0.4 is 5.32 Å². The van der Waals surface area contributed by atoms with Gasteiger partial charge in [-0.2, -0.15) is 0 Å². The van der Waals surface area contributed by atoms with E-state index in [2.05, 4.69) is 5.32 Å². The largest absolute Gasteiger partial charge is 0.444 e. The van der Waals surface area contributed by atoms with Gasteiger partial charge in [-0.15, -0.1) is 11.6 Å². The number of amides is 2. The van der Waals surface area contributed by atoms with Gasteiger partial charge in [-0.1, -0.05) is 0 Å². The molecule has 6 heteroatoms. The highest BCUT2D eigenvalue weighted by molar-refractivity contribution is 6.22. The van der Waals surface area contributed by atoms with Crippen LogP contribution in [0.2, 0.25) is 0 Å². The van der Waals surface area contributed by atoms with Crippen LogP contribution in [-0.2, 0) is 9.53 Å². The summed E-state index contributed by atoms with van der Waals surface area (Å²) in [5, 5.41) is 2.87. The Labute approximate surface area is 131 Å². The summed E-state index contributed by atoms with van der Waals surface area (Å²) in [4.78, 5) is 25.5. The maximum absolute atomic E-state index is 11.9. The molecule has 1 atom stereocenters. The van der Waals surface area contributed by atoms with E-state index in [1.807, 2.05) is 25.7 Å². The summed E-state index contributed by atoms with van der Waals surface area (Å²) in [5.74, 6) is 0.165. The van der Waals surface area contributed by atoms with Crippen molar-refractivity contribution < 1.29 is 14.3 Å². The third-order valence-electron chi connectivity index (χ3n) is 3.97. The number of carbonyl (C=O) groups is 2. The third kappa shape index (κ3) is 4.77. The lowest BCUT2D eigenvalue weighted by Gasteiger charge is -2.35. The van der Waals surface area contributed by atoms with Gasteiger partial charge in [0.15, 0.2) is 0 Å². The lowest BCUT2D eigenvalue weighted by atomic mass is 9.90. The van der Waals surface area contributed by atoms with Crippen LogP contribution in [0.4, 0.5) is 4.79 Å². The number of alkyl halides is 1. The number of hydrogen-bond donors (Lipinski definition) is 1. The topological polar surface area (TPSA) is 58.6 Å². The van der Waals surface area contributed by atoms with Crippen LogP contribution in [-0.4, -0.2) is 46.5 Å². The highest BCUT2D eigenvalue weighted by atomic mass is 35.5. The number of ether oxygens (including phenoxy) is 1. The summed E-state index contributed by atoms with van der Waals surface area (Å²) in [5.41, 5.74) is -0.474. The molecule has 0 aromatic carbocycles. The van der Waals surface area contributed by atoms with Gasteiger partial charge in [0.1, 0.15) is 5.60 Å². The Morgan fingerprint density at radius 3 is 2.38 bits per heavy atom. The normalized spacial score (nSPS) is 30.4. The summed E-state index contributed by atoms with van der Waals surface area (Å²) in [6.07, 6.45) is 3.67. The first-order chi connectivity index (χ1) is 9.74. The van der Waals surface area contributed by atoms with E-state index < -0.39 is 5.60 Å². The molecule has 2 aliphatic rings. The van der Waals surface area contributed by atoms with Crippen LogP contribution in [0.25, 0.3) is 0 Å². The van der Waals surface area contributed by atoms with E-state index >= 15 is 0 Å². The fraction of sp³-hybridized carbons (Fsp3) is 0.867. The zero-order chi connectivity index (χ0) is 15.6. The van der Waals surface area contributed by atoms with Gasteiger partial charge >= 0.3 is 6.09 Å². The summed E-state index contributed by atoms with van der Waals surface area (Å²) in [7, 11) is 0. The highest BCUT2D eigenvalue weighted by Crippen LogP contribution is 2.28. The van der Waals surface area contributed by atoms with Crippen LogP contribution in [0.15, 0.2) is 0 Å². The van der Waals surface area contributed by atoms with Crippen molar-refractivity contribution in [1.29, 1.82) is 0 Å². The predicted octanol–water partition coefficient (Wildman–Crippen LogP) is 2.66. The first-order valence-corrected chi connectivity index (χ1v) is 8.11. The van der Waals surface area contributed by atoms with Gasteiger partial charge in [0.25, 0.3) is 0 Å². The maximum Gasteiger partial charge on any atom is 0.407 e. The van der Waals surface area contributed by atoms with E-state index in [1.54, 1.807) is 0 Å². The molecule has 0 aromatic rings. The van der Waals surface area contributed by atoms with Gasteiger partial charge in [0.2, 0.25) is 5.91 Å². The first kappa shape index (κ1) is 16.4. The van der Waals surface area contributed by atoms with E-state index in [9.17, 15) is 9.59 Å². The zero-order valence-corrected chi connectivity index (χ0v) is 13.8. The number of nitrogens with zero attached hydrogens (tertiary/aromatic N) is 1. The minimum atomic E-state index is -0.474. The standard InChI is InChI=1S/C15H25ClN2O3/c1-15(2,3)21-14(20)17-11-4-6-12(7-5-11)18-9-10(16)8-13(18)19/h10-12H,4-9H2,1-3H3,(H,17,20). The molecule has 2 amide bonds. The number of rotatable bonds is 2. The Morgan fingerprint density at radius 2 is 1.90 bits per heavy atom. The van der Waals surface area contributed by atoms with Crippen molar-refractivity contribution >= 4 is 23.6 Å². The lowest BCUT2D eigenvalue weighted by molar-refractivity contribution is -0.130. The number of alkyl carbamates (subject to hydrolysis) is 1. The average molecular weight is 317 g/mol. The van der Waals surface area contributed by atoms with Crippen LogP contribution in [0.5, 0.6) is 0 Å². The van der Waals surface area contributed by atoms with Crippen LogP contribution in [0.1, 0.15) is 52.9 Å². The van der Waals surface area contributed by atoms with Gasteiger partial charge in [0.05, 0.1) is 5.38 Å². The van der Waals surface area contributed by atoms with E-state index in [1.165, 1.54) is 0 Å². The molecule has 21 heavy (non-hydrogen) atoms. The molecule has 1 aliphatic carbocycles. The molecule has 1 N–H and O–H groups in total. The molecule has 120 valence electrons. The van der Waals surface area contributed by atoms with Crippen LogP contribution in [0.3, 0.4) is 0 Å². The quantitative estimate of drug-likeness (QED) is 0.797. The van der Waals surface area contributed by atoms with Crippen molar-refractivity contribution in [3.8, 4) is 0 Å². The van der Waals surface area contributed by atoms with Gasteiger partial charge in [-0.05, 0) is 46.5 Å². The van der Waals surface area contributed by atoms with E-state index in [-0.39, 0.29) is 29.5 Å². The van der Waals surface area contributed by atoms with Crippen molar-refractivity contribution in [2.24, 2.45) is 0 Å². The van der Waals surface area contributed by atoms with Crippen LogP contribution in [0, 0.1) is 0 Å². The molecule has 5 nitrogen and oxygen atoms in total. The van der Waals surface area contributed by atoms with E-state index in [4.69, 9.17) is 16.3 Å². The molecule has 0 spiro atoms. The molecule has 1 saturated heterocycles. The average Bonchev–Trinajstić information content (AvgIpc) is 2.67. The number of carbonyl (C=O) groups excluding carboxylic acids is 2. The molecule has 0 bridgehead atoms. The summed E-state index contributed by atoms with van der Waals surface area (Å²) in [6, 6.07) is 0.415. The van der Waals surface area contributed by atoms with Gasteiger partial charge in [-0.3, -0.25) is 4.79 Å². The number of hydrogen-bond acceptors (Lipinski definition) is 3. The summed E-state index contributed by atoms with van der Waals surface area (Å²) < 4.78 is 5.27. The molecular formula is C15H25ClN2O3. The smallest absolute Gasteiger partial charge is 0.407 e. The Hall–Kier alpha value is -0.970. The maximum atomic E-state index is 11.9. The second kappa shape index (κ2) is 6.42.